The molecule has 4 rings (SSSR count). The molecule has 0 saturated heterocycles. The number of aliphatic hydroxyl groups is 1. The molecule has 0 saturated carbocycles. The second kappa shape index (κ2) is 8.16. The molecule has 2 heterocycles. The van der Waals surface area contributed by atoms with Crippen LogP contribution in [0.1, 0.15) is 12.0 Å². The Bertz CT molecular complexity index is 820. The number of hydrogen-bond acceptors (Lipinski definition) is 4. The van der Waals surface area contributed by atoms with Gasteiger partial charge in [-0.3, -0.25) is 0 Å². The number of alkyl halides is 2. The van der Waals surface area contributed by atoms with Crippen molar-refractivity contribution in [2.24, 2.45) is 0 Å². The lowest BCUT2D eigenvalue weighted by Crippen LogP contribution is -3.00. The Morgan fingerprint density at radius 1 is 1.11 bits per heavy atom. The van der Waals surface area contributed by atoms with E-state index in [1.165, 1.54) is 12.1 Å². The fourth-order valence-corrected chi connectivity index (χ4v) is 4.66. The minimum atomic E-state index is -2.86. The molecule has 0 aromatic heterocycles. The Morgan fingerprint density at radius 2 is 1.81 bits per heavy atom. The SMILES string of the molecule is OC1(c2ccc(OC(F)F)cc2)C[N+]2=C(SCCC2)N1c1ccccc1.[Br-]. The van der Waals surface area contributed by atoms with E-state index in [9.17, 15) is 13.9 Å². The number of ether oxygens (including phenoxy) is 1. The second-order valence-corrected chi connectivity index (χ2v) is 7.36. The standard InChI is InChI=1S/C19H19F2N2O2S.BrH/c20-17(21)25-16-9-7-14(8-10-16)19(24)13-22-11-4-12-26-18(22)23(19)15-5-2-1-3-6-15;/h1-3,5-10,17,24H,4,11-13H2;1H/q+1;/p-1. The number of para-hydroxylation sites is 1. The van der Waals surface area contributed by atoms with Crippen LogP contribution in [-0.2, 0) is 5.72 Å². The molecule has 0 aliphatic carbocycles. The summed E-state index contributed by atoms with van der Waals surface area (Å²) < 4.78 is 31.4. The maximum absolute atomic E-state index is 12.4. The summed E-state index contributed by atoms with van der Waals surface area (Å²) in [5.74, 6) is 1.09. The molecular weight excluding hydrogens is 438 g/mol. The van der Waals surface area contributed by atoms with Gasteiger partial charge < -0.3 is 26.8 Å². The first-order valence-corrected chi connectivity index (χ1v) is 9.44. The molecule has 0 fully saturated rings. The van der Waals surface area contributed by atoms with Crippen molar-refractivity contribution in [3.05, 3.63) is 60.2 Å². The van der Waals surface area contributed by atoms with Gasteiger partial charge in [0.2, 0.25) is 0 Å². The van der Waals surface area contributed by atoms with E-state index in [0.29, 0.717) is 12.1 Å². The van der Waals surface area contributed by atoms with Gasteiger partial charge in [0.05, 0.1) is 6.54 Å². The van der Waals surface area contributed by atoms with E-state index >= 15 is 0 Å². The number of thioether (sulfide) groups is 1. The lowest BCUT2D eigenvalue weighted by atomic mass is 10.0. The van der Waals surface area contributed by atoms with Crippen LogP contribution in [0, 0.1) is 0 Å². The molecule has 8 heteroatoms. The molecule has 2 aromatic carbocycles. The van der Waals surface area contributed by atoms with Crippen molar-refractivity contribution in [1.29, 1.82) is 0 Å². The maximum Gasteiger partial charge on any atom is 0.387 e. The second-order valence-electron chi connectivity index (χ2n) is 6.30. The van der Waals surface area contributed by atoms with Gasteiger partial charge >= 0.3 is 11.8 Å². The molecule has 2 aliphatic heterocycles. The van der Waals surface area contributed by atoms with Crippen molar-refractivity contribution in [3.8, 4) is 5.75 Å². The van der Waals surface area contributed by atoms with Crippen LogP contribution >= 0.6 is 11.8 Å². The Morgan fingerprint density at radius 3 is 2.48 bits per heavy atom. The summed E-state index contributed by atoms with van der Waals surface area (Å²) in [5, 5.41) is 12.7. The average Bonchev–Trinajstić information content (AvgIpc) is 2.95. The fourth-order valence-electron chi connectivity index (χ4n) is 3.48. The minimum absolute atomic E-state index is 0. The first kappa shape index (κ1) is 20.1. The summed E-state index contributed by atoms with van der Waals surface area (Å²) in [4.78, 5) is 1.94. The van der Waals surface area contributed by atoms with Gasteiger partial charge in [0.25, 0.3) is 5.72 Å². The summed E-state index contributed by atoms with van der Waals surface area (Å²) >= 11 is 1.73. The van der Waals surface area contributed by atoms with E-state index in [4.69, 9.17) is 0 Å². The molecule has 27 heavy (non-hydrogen) atoms. The van der Waals surface area contributed by atoms with E-state index in [1.54, 1.807) is 23.9 Å². The molecule has 1 unspecified atom stereocenters. The summed E-state index contributed by atoms with van der Waals surface area (Å²) in [7, 11) is 0. The van der Waals surface area contributed by atoms with Crippen LogP contribution in [0.5, 0.6) is 5.75 Å². The van der Waals surface area contributed by atoms with Crippen LogP contribution in [0.2, 0.25) is 0 Å². The molecule has 1 N–H and O–H groups in total. The van der Waals surface area contributed by atoms with Crippen LogP contribution < -0.4 is 26.6 Å². The van der Waals surface area contributed by atoms with Gasteiger partial charge in [-0.25, -0.2) is 4.58 Å². The molecule has 1 atom stereocenters. The lowest BCUT2D eigenvalue weighted by molar-refractivity contribution is -0.532. The fraction of sp³-hybridized carbons (Fsp3) is 0.316. The summed E-state index contributed by atoms with van der Waals surface area (Å²) in [5.41, 5.74) is 0.275. The molecule has 2 aliphatic rings. The zero-order valence-corrected chi connectivity index (χ0v) is 16.8. The van der Waals surface area contributed by atoms with Gasteiger partial charge in [-0.15, -0.1) is 0 Å². The van der Waals surface area contributed by atoms with Gasteiger partial charge in [0, 0.05) is 11.3 Å². The van der Waals surface area contributed by atoms with Crippen molar-refractivity contribution < 1.29 is 40.2 Å². The third-order valence-electron chi connectivity index (χ3n) is 4.60. The molecule has 0 amide bonds. The predicted octanol–water partition coefficient (Wildman–Crippen LogP) is 0.463. The highest BCUT2D eigenvalue weighted by atomic mass is 79.9. The number of benzene rings is 2. The van der Waals surface area contributed by atoms with E-state index in [2.05, 4.69) is 9.31 Å². The normalized spacial score (nSPS) is 21.9. The van der Waals surface area contributed by atoms with Gasteiger partial charge in [-0.05, 0) is 54.6 Å². The van der Waals surface area contributed by atoms with Gasteiger partial charge in [0.1, 0.15) is 11.4 Å². The van der Waals surface area contributed by atoms with Crippen molar-refractivity contribution in [2.75, 3.05) is 23.7 Å². The first-order valence-electron chi connectivity index (χ1n) is 8.46. The van der Waals surface area contributed by atoms with Crippen LogP contribution in [0.4, 0.5) is 14.5 Å². The monoisotopic (exact) mass is 456 g/mol. The Kier molecular flexibility index (Phi) is 6.08. The quantitative estimate of drug-likeness (QED) is 0.678. The van der Waals surface area contributed by atoms with Gasteiger partial charge in [0.15, 0.2) is 6.54 Å². The van der Waals surface area contributed by atoms with Crippen molar-refractivity contribution in [1.82, 2.24) is 0 Å². The largest absolute Gasteiger partial charge is 1.00 e. The van der Waals surface area contributed by atoms with Crippen molar-refractivity contribution in [3.63, 3.8) is 0 Å². The third kappa shape index (κ3) is 3.83. The number of nitrogens with zero attached hydrogens (tertiary/aromatic N) is 2. The number of anilines is 1. The first-order chi connectivity index (χ1) is 12.6. The zero-order valence-electron chi connectivity index (χ0n) is 14.4. The summed E-state index contributed by atoms with van der Waals surface area (Å²) in [6.45, 7) is -1.54. The van der Waals surface area contributed by atoms with Gasteiger partial charge in [-0.2, -0.15) is 13.7 Å². The average molecular weight is 457 g/mol. The van der Waals surface area contributed by atoms with Crippen LogP contribution in [0.15, 0.2) is 54.6 Å². The molecule has 2 aromatic rings. The lowest BCUT2D eigenvalue weighted by Gasteiger charge is -2.28. The topological polar surface area (TPSA) is 35.7 Å². The molecule has 0 radical (unpaired) electrons. The smallest absolute Gasteiger partial charge is 0.387 e. The third-order valence-corrected chi connectivity index (χ3v) is 5.79. The Labute approximate surface area is 171 Å². The molecule has 4 nitrogen and oxygen atoms in total. The molecule has 0 bridgehead atoms. The van der Waals surface area contributed by atoms with Crippen LogP contribution in [0.25, 0.3) is 0 Å². The molecule has 144 valence electrons. The van der Waals surface area contributed by atoms with E-state index in [0.717, 1.165) is 29.6 Å². The van der Waals surface area contributed by atoms with Crippen molar-refractivity contribution >= 4 is 22.6 Å². The summed E-state index contributed by atoms with van der Waals surface area (Å²) in [6, 6.07) is 16.0. The van der Waals surface area contributed by atoms with E-state index in [-0.39, 0.29) is 22.7 Å². The van der Waals surface area contributed by atoms with Crippen molar-refractivity contribution in [2.45, 2.75) is 18.8 Å². The van der Waals surface area contributed by atoms with Gasteiger partial charge in [-0.1, -0.05) is 18.2 Å². The Balaban J connectivity index is 0.00000210. The van der Waals surface area contributed by atoms with Crippen LogP contribution in [0.3, 0.4) is 0 Å². The summed E-state index contributed by atoms with van der Waals surface area (Å²) in [6.07, 6.45) is 1.06. The van der Waals surface area contributed by atoms with E-state index < -0.39 is 12.3 Å². The molecule has 0 spiro atoms. The number of rotatable bonds is 4. The van der Waals surface area contributed by atoms with Crippen LogP contribution in [-0.4, -0.2) is 40.3 Å². The number of halogens is 3. The minimum Gasteiger partial charge on any atom is -1.00 e. The Hall–Kier alpha value is -1.64. The highest BCUT2D eigenvalue weighted by molar-refractivity contribution is 8.14. The maximum atomic E-state index is 12.4. The highest BCUT2D eigenvalue weighted by Gasteiger charge is 2.55. The predicted molar refractivity (Wildman–Crippen MR) is 98.0 cm³/mol. The highest BCUT2D eigenvalue weighted by Crippen LogP contribution is 2.40. The number of amidine groups is 1. The van der Waals surface area contributed by atoms with E-state index in [1.807, 2.05) is 35.2 Å². The number of hydrogen-bond donors (Lipinski definition) is 1. The zero-order chi connectivity index (χ0) is 18.1. The molecular formula is C19H19BrF2N2O2S.